The van der Waals surface area contributed by atoms with E-state index in [0.717, 1.165) is 28.8 Å². The lowest BCUT2D eigenvalue weighted by Crippen LogP contribution is -2.36. The number of aromatic nitrogens is 1. The Bertz CT molecular complexity index is 652. The first-order valence-electron chi connectivity index (χ1n) is 7.83. The van der Waals surface area contributed by atoms with Crippen molar-refractivity contribution < 1.29 is 5.11 Å². The van der Waals surface area contributed by atoms with Crippen molar-refractivity contribution in [2.75, 3.05) is 6.54 Å². The van der Waals surface area contributed by atoms with Crippen molar-refractivity contribution in [3.63, 3.8) is 0 Å². The molecular weight excluding hydrogens is 308 g/mol. The van der Waals surface area contributed by atoms with E-state index in [1.807, 2.05) is 19.1 Å². The Morgan fingerprint density at radius 2 is 2.17 bits per heavy atom. The summed E-state index contributed by atoms with van der Waals surface area (Å²) in [6.45, 7) is 8.29. The number of benzene rings is 1. The topological polar surface area (TPSA) is 69.5 Å². The van der Waals surface area contributed by atoms with E-state index in [1.54, 1.807) is 23.5 Å². The van der Waals surface area contributed by atoms with Gasteiger partial charge in [-0.05, 0) is 30.5 Å². The second-order valence-corrected chi connectivity index (χ2v) is 6.48. The van der Waals surface area contributed by atoms with Gasteiger partial charge in [0.25, 0.3) is 0 Å². The zero-order valence-corrected chi connectivity index (χ0v) is 14.7. The fraction of sp³-hybridized carbons (Fsp3) is 0.412. The Morgan fingerprint density at radius 1 is 1.35 bits per heavy atom. The molecule has 0 aliphatic heterocycles. The fourth-order valence-corrected chi connectivity index (χ4v) is 2.89. The molecule has 2 aromatic rings. The van der Waals surface area contributed by atoms with E-state index in [1.165, 1.54) is 0 Å². The third-order valence-corrected chi connectivity index (χ3v) is 4.11. The van der Waals surface area contributed by atoms with Gasteiger partial charge in [0.05, 0.1) is 18.8 Å². The number of phenols is 1. The fourth-order valence-electron chi connectivity index (χ4n) is 2.00. The summed E-state index contributed by atoms with van der Waals surface area (Å²) in [4.78, 5) is 9.15. The van der Waals surface area contributed by atoms with Gasteiger partial charge >= 0.3 is 0 Å². The Labute approximate surface area is 141 Å². The highest BCUT2D eigenvalue weighted by Crippen LogP contribution is 2.17. The van der Waals surface area contributed by atoms with Crippen LogP contribution in [-0.2, 0) is 13.1 Å². The molecule has 0 spiro atoms. The third-order valence-electron chi connectivity index (χ3n) is 3.24. The van der Waals surface area contributed by atoms with E-state index in [0.29, 0.717) is 19.0 Å². The number of guanidine groups is 1. The first-order valence-corrected chi connectivity index (χ1v) is 8.70. The van der Waals surface area contributed by atoms with E-state index >= 15 is 0 Å². The van der Waals surface area contributed by atoms with Crippen molar-refractivity contribution in [1.29, 1.82) is 0 Å². The largest absolute Gasteiger partial charge is 0.508 e. The Balaban J connectivity index is 1.95. The molecule has 0 atom stereocenters. The van der Waals surface area contributed by atoms with Gasteiger partial charge in [-0.1, -0.05) is 26.0 Å². The summed E-state index contributed by atoms with van der Waals surface area (Å²) in [5.74, 6) is 1.46. The molecule has 3 N–H and O–H groups in total. The maximum Gasteiger partial charge on any atom is 0.191 e. The van der Waals surface area contributed by atoms with Crippen LogP contribution in [0, 0.1) is 0 Å². The van der Waals surface area contributed by atoms with Crippen LogP contribution in [0.3, 0.4) is 0 Å². The van der Waals surface area contributed by atoms with Crippen LogP contribution in [0.2, 0.25) is 0 Å². The predicted molar refractivity (Wildman–Crippen MR) is 96.0 cm³/mol. The number of hydrogen-bond donors (Lipinski definition) is 3. The summed E-state index contributed by atoms with van der Waals surface area (Å²) >= 11 is 1.66. The smallest absolute Gasteiger partial charge is 0.191 e. The van der Waals surface area contributed by atoms with Crippen LogP contribution in [0.4, 0.5) is 0 Å². The predicted octanol–water partition coefficient (Wildman–Crippen LogP) is 3.23. The minimum Gasteiger partial charge on any atom is -0.508 e. The molecule has 1 aromatic heterocycles. The number of thiazole rings is 1. The quantitative estimate of drug-likeness (QED) is 0.561. The lowest BCUT2D eigenvalue weighted by Gasteiger charge is -2.10. The molecule has 0 saturated heterocycles. The van der Waals surface area contributed by atoms with Crippen molar-refractivity contribution in [2.24, 2.45) is 4.99 Å². The second kappa shape index (κ2) is 8.53. The highest BCUT2D eigenvalue weighted by molar-refractivity contribution is 7.09. The molecule has 1 aromatic carbocycles. The normalized spacial score (nSPS) is 11.7. The number of nitrogens with zero attached hydrogens (tertiary/aromatic N) is 2. The minimum atomic E-state index is 0.264. The van der Waals surface area contributed by atoms with Gasteiger partial charge < -0.3 is 15.7 Å². The lowest BCUT2D eigenvalue weighted by atomic mass is 10.2. The van der Waals surface area contributed by atoms with Gasteiger partial charge in [-0.15, -0.1) is 11.3 Å². The lowest BCUT2D eigenvalue weighted by molar-refractivity contribution is 0.474. The van der Waals surface area contributed by atoms with Crippen molar-refractivity contribution in [3.05, 3.63) is 45.9 Å². The number of rotatable bonds is 6. The van der Waals surface area contributed by atoms with E-state index in [2.05, 4.69) is 39.8 Å². The maximum atomic E-state index is 9.49. The number of hydrogen-bond acceptors (Lipinski definition) is 4. The van der Waals surface area contributed by atoms with Crippen molar-refractivity contribution in [3.8, 4) is 5.75 Å². The van der Waals surface area contributed by atoms with Gasteiger partial charge in [-0.3, -0.25) is 0 Å². The standard InChI is InChI=1S/C17H24N4OS/c1-4-18-17(19-9-13-6-5-7-14(22)8-13)20-10-16-21-15(11-23-16)12(2)3/h5-8,11-12,22H,4,9-10H2,1-3H3,(H2,18,19,20). The molecule has 124 valence electrons. The first kappa shape index (κ1) is 17.3. The van der Waals surface area contributed by atoms with Crippen molar-refractivity contribution >= 4 is 17.3 Å². The third kappa shape index (κ3) is 5.56. The molecule has 2 rings (SSSR count). The SMILES string of the molecule is CCNC(=NCc1cccc(O)c1)NCc1nc(C(C)C)cs1. The van der Waals surface area contributed by atoms with Gasteiger partial charge in [0.2, 0.25) is 0 Å². The Morgan fingerprint density at radius 3 is 2.83 bits per heavy atom. The molecular formula is C17H24N4OS. The van der Waals surface area contributed by atoms with E-state index in [9.17, 15) is 5.11 Å². The molecule has 0 amide bonds. The number of aromatic hydroxyl groups is 1. The van der Waals surface area contributed by atoms with Crippen molar-refractivity contribution in [2.45, 2.75) is 39.8 Å². The molecule has 6 heteroatoms. The monoisotopic (exact) mass is 332 g/mol. The molecule has 5 nitrogen and oxygen atoms in total. The van der Waals surface area contributed by atoms with Crippen LogP contribution in [0.1, 0.15) is 43.0 Å². The van der Waals surface area contributed by atoms with Crippen LogP contribution in [0.15, 0.2) is 34.6 Å². The van der Waals surface area contributed by atoms with Crippen LogP contribution >= 0.6 is 11.3 Å². The average molecular weight is 332 g/mol. The number of aliphatic imine (C=N–C) groups is 1. The Hall–Kier alpha value is -2.08. The molecule has 23 heavy (non-hydrogen) atoms. The summed E-state index contributed by atoms with van der Waals surface area (Å²) in [5.41, 5.74) is 2.10. The maximum absolute atomic E-state index is 9.49. The highest BCUT2D eigenvalue weighted by Gasteiger charge is 2.06. The molecule has 0 aliphatic carbocycles. The zero-order chi connectivity index (χ0) is 16.7. The molecule has 0 radical (unpaired) electrons. The van der Waals surface area contributed by atoms with Gasteiger partial charge in [-0.25, -0.2) is 9.98 Å². The van der Waals surface area contributed by atoms with Crippen LogP contribution in [0.25, 0.3) is 0 Å². The summed E-state index contributed by atoms with van der Waals surface area (Å²) < 4.78 is 0. The molecule has 1 heterocycles. The summed E-state index contributed by atoms with van der Waals surface area (Å²) in [6.07, 6.45) is 0. The molecule has 0 saturated carbocycles. The van der Waals surface area contributed by atoms with E-state index in [-0.39, 0.29) is 5.75 Å². The molecule has 0 aliphatic rings. The van der Waals surface area contributed by atoms with Gasteiger partial charge in [0, 0.05) is 11.9 Å². The zero-order valence-electron chi connectivity index (χ0n) is 13.8. The molecule has 0 bridgehead atoms. The minimum absolute atomic E-state index is 0.264. The van der Waals surface area contributed by atoms with E-state index in [4.69, 9.17) is 0 Å². The summed E-state index contributed by atoms with van der Waals surface area (Å²) in [5, 5.41) is 19.2. The van der Waals surface area contributed by atoms with E-state index < -0.39 is 0 Å². The molecule has 0 fully saturated rings. The van der Waals surface area contributed by atoms with Gasteiger partial charge in [0.1, 0.15) is 10.8 Å². The van der Waals surface area contributed by atoms with Crippen molar-refractivity contribution in [1.82, 2.24) is 15.6 Å². The van der Waals surface area contributed by atoms with Gasteiger partial charge in [-0.2, -0.15) is 0 Å². The average Bonchev–Trinajstić information content (AvgIpc) is 2.99. The first-order chi connectivity index (χ1) is 11.1. The van der Waals surface area contributed by atoms with Crippen LogP contribution in [-0.4, -0.2) is 22.6 Å². The molecule has 0 unspecified atom stereocenters. The second-order valence-electron chi connectivity index (χ2n) is 5.54. The summed E-state index contributed by atoms with van der Waals surface area (Å²) in [7, 11) is 0. The van der Waals surface area contributed by atoms with Crippen LogP contribution < -0.4 is 10.6 Å². The van der Waals surface area contributed by atoms with Crippen LogP contribution in [0.5, 0.6) is 5.75 Å². The Kier molecular flexibility index (Phi) is 6.40. The summed E-state index contributed by atoms with van der Waals surface area (Å²) in [6, 6.07) is 7.15. The van der Waals surface area contributed by atoms with Gasteiger partial charge in [0.15, 0.2) is 5.96 Å². The number of nitrogens with one attached hydrogen (secondary N) is 2. The number of phenolic OH excluding ortho intramolecular Hbond substituents is 1. The highest BCUT2D eigenvalue weighted by atomic mass is 32.1.